The molecule has 138 valence electrons. The molecule has 1 aromatic carbocycles. The first kappa shape index (κ1) is 17.5. The highest BCUT2D eigenvalue weighted by Gasteiger charge is 2.37. The fourth-order valence-corrected chi connectivity index (χ4v) is 3.97. The van der Waals surface area contributed by atoms with E-state index >= 15 is 0 Å². The van der Waals surface area contributed by atoms with Gasteiger partial charge in [0.25, 0.3) is 0 Å². The summed E-state index contributed by atoms with van der Waals surface area (Å²) in [5.41, 5.74) is 0.856. The molecular weight excluding hydrogens is 400 g/mol. The summed E-state index contributed by atoms with van der Waals surface area (Å²) in [6.07, 6.45) is 2.18. The molecule has 0 aliphatic carbocycles. The summed E-state index contributed by atoms with van der Waals surface area (Å²) >= 11 is 3.43. The summed E-state index contributed by atoms with van der Waals surface area (Å²) in [4.78, 5) is 26.6. The molecule has 26 heavy (non-hydrogen) atoms. The van der Waals surface area contributed by atoms with Crippen molar-refractivity contribution < 1.29 is 14.3 Å². The van der Waals surface area contributed by atoms with Gasteiger partial charge in [0.05, 0.1) is 11.4 Å². The van der Waals surface area contributed by atoms with Gasteiger partial charge in [-0.1, -0.05) is 15.9 Å². The van der Waals surface area contributed by atoms with Crippen molar-refractivity contribution in [2.75, 3.05) is 31.2 Å². The van der Waals surface area contributed by atoms with Crippen LogP contribution in [0.2, 0.25) is 0 Å². The molecule has 1 aromatic heterocycles. The van der Waals surface area contributed by atoms with Gasteiger partial charge in [0.1, 0.15) is 0 Å². The molecule has 3 heterocycles. The number of amides is 2. The average molecular weight is 421 g/mol. The highest BCUT2D eigenvalue weighted by molar-refractivity contribution is 9.10. The van der Waals surface area contributed by atoms with Gasteiger partial charge in [0, 0.05) is 42.6 Å². The van der Waals surface area contributed by atoms with E-state index in [9.17, 15) is 9.59 Å². The topological polar surface area (TPSA) is 87.3 Å². The Balaban J connectivity index is 1.42. The van der Waals surface area contributed by atoms with E-state index in [0.29, 0.717) is 24.8 Å². The van der Waals surface area contributed by atoms with Crippen molar-refractivity contribution in [1.82, 2.24) is 15.5 Å². The maximum absolute atomic E-state index is 12.5. The summed E-state index contributed by atoms with van der Waals surface area (Å²) in [7, 11) is 0. The highest BCUT2D eigenvalue weighted by atomic mass is 79.9. The van der Waals surface area contributed by atoms with Gasteiger partial charge < -0.3 is 10.1 Å². The van der Waals surface area contributed by atoms with Crippen LogP contribution < -0.4 is 10.2 Å². The van der Waals surface area contributed by atoms with Crippen molar-refractivity contribution >= 4 is 44.5 Å². The molecule has 2 saturated heterocycles. The largest absolute Gasteiger partial charge is 0.381 e. The number of nitrogens with zero attached hydrogens (tertiary/aromatic N) is 2. The number of hydrogen-bond donors (Lipinski definition) is 2. The molecule has 0 radical (unpaired) electrons. The Morgan fingerprint density at radius 2 is 2.19 bits per heavy atom. The zero-order valence-electron chi connectivity index (χ0n) is 14.3. The van der Waals surface area contributed by atoms with Crippen molar-refractivity contribution in [3.63, 3.8) is 0 Å². The number of fused-ring (bicyclic) bond motifs is 1. The Bertz CT molecular complexity index is 831. The lowest BCUT2D eigenvalue weighted by atomic mass is 10.00. The number of carbonyl (C=O) groups is 2. The Hall–Kier alpha value is -1.93. The Labute approximate surface area is 159 Å². The summed E-state index contributed by atoms with van der Waals surface area (Å²) in [6.45, 7) is 2.55. The minimum absolute atomic E-state index is 0.0464. The number of rotatable bonds is 4. The summed E-state index contributed by atoms with van der Waals surface area (Å²) in [5.74, 6) is 0.624. The number of H-pyrrole nitrogens is 1. The lowest BCUT2D eigenvalue weighted by Crippen LogP contribution is -2.37. The molecule has 4 rings (SSSR count). The number of halogens is 1. The van der Waals surface area contributed by atoms with Gasteiger partial charge in [0.2, 0.25) is 11.8 Å². The standard InChI is InChI=1S/C18H21BrN4O3/c19-13-1-2-14-15(8-13)21-22-17(14)23-10-12(7-16(23)24)18(25)20-9-11-3-5-26-6-4-11/h1-2,8,11-12H,3-7,9-10H2,(H,20,25)(H,21,22)/t12-/m1/s1. The number of nitrogens with one attached hydrogen (secondary N) is 2. The molecule has 2 fully saturated rings. The van der Waals surface area contributed by atoms with Gasteiger partial charge in [-0.05, 0) is 37.0 Å². The van der Waals surface area contributed by atoms with E-state index in [1.807, 2.05) is 18.2 Å². The van der Waals surface area contributed by atoms with Crippen LogP contribution in [0.25, 0.3) is 10.9 Å². The fraction of sp³-hybridized carbons (Fsp3) is 0.500. The molecule has 2 N–H and O–H groups in total. The molecule has 2 aromatic rings. The van der Waals surface area contributed by atoms with Crippen molar-refractivity contribution in [1.29, 1.82) is 0 Å². The minimum Gasteiger partial charge on any atom is -0.381 e. The van der Waals surface area contributed by atoms with Crippen LogP contribution in [0.1, 0.15) is 19.3 Å². The third-order valence-electron chi connectivity index (χ3n) is 5.16. The molecule has 0 bridgehead atoms. The van der Waals surface area contributed by atoms with Gasteiger partial charge in [-0.15, -0.1) is 0 Å². The van der Waals surface area contributed by atoms with Gasteiger partial charge >= 0.3 is 0 Å². The monoisotopic (exact) mass is 420 g/mol. The van der Waals surface area contributed by atoms with Crippen molar-refractivity contribution in [3.05, 3.63) is 22.7 Å². The molecule has 7 nitrogen and oxygen atoms in total. The molecule has 2 amide bonds. The number of hydrogen-bond acceptors (Lipinski definition) is 4. The third-order valence-corrected chi connectivity index (χ3v) is 5.66. The summed E-state index contributed by atoms with van der Waals surface area (Å²) in [5, 5.41) is 11.1. The van der Waals surface area contributed by atoms with Crippen LogP contribution in [-0.4, -0.2) is 48.3 Å². The van der Waals surface area contributed by atoms with Gasteiger partial charge in [-0.3, -0.25) is 19.6 Å². The molecule has 0 spiro atoms. The second-order valence-electron chi connectivity index (χ2n) is 6.94. The lowest BCUT2D eigenvalue weighted by molar-refractivity contribution is -0.126. The normalized spacial score (nSPS) is 21.5. The summed E-state index contributed by atoms with van der Waals surface area (Å²) in [6, 6.07) is 5.76. The van der Waals surface area contributed by atoms with E-state index in [1.54, 1.807) is 4.90 Å². The minimum atomic E-state index is -0.329. The predicted molar refractivity (Wildman–Crippen MR) is 101 cm³/mol. The maximum Gasteiger partial charge on any atom is 0.229 e. The number of carbonyl (C=O) groups excluding carboxylic acids is 2. The van der Waals surface area contributed by atoms with Crippen LogP contribution in [0.3, 0.4) is 0 Å². The SMILES string of the molecule is O=C(NCC1CCOCC1)[C@@H]1CC(=O)N(c2n[nH]c3cc(Br)ccc23)C1. The van der Waals surface area contributed by atoms with E-state index in [2.05, 4.69) is 31.4 Å². The zero-order valence-corrected chi connectivity index (χ0v) is 15.9. The van der Waals surface area contributed by atoms with Crippen molar-refractivity contribution in [3.8, 4) is 0 Å². The van der Waals surface area contributed by atoms with Crippen LogP contribution in [0.5, 0.6) is 0 Å². The second-order valence-corrected chi connectivity index (χ2v) is 7.86. The molecule has 2 aliphatic heterocycles. The summed E-state index contributed by atoms with van der Waals surface area (Å²) < 4.78 is 6.28. The number of anilines is 1. The smallest absolute Gasteiger partial charge is 0.229 e. The van der Waals surface area contributed by atoms with E-state index < -0.39 is 0 Å². The third kappa shape index (κ3) is 3.48. The molecule has 0 unspecified atom stereocenters. The van der Waals surface area contributed by atoms with Crippen LogP contribution in [0.15, 0.2) is 22.7 Å². The Morgan fingerprint density at radius 3 is 3.00 bits per heavy atom. The quantitative estimate of drug-likeness (QED) is 0.793. The average Bonchev–Trinajstić information content (AvgIpc) is 3.23. The van der Waals surface area contributed by atoms with Gasteiger partial charge in [-0.2, -0.15) is 5.10 Å². The zero-order chi connectivity index (χ0) is 18.1. The first-order valence-corrected chi connectivity index (χ1v) is 9.70. The lowest BCUT2D eigenvalue weighted by Gasteiger charge is -2.22. The molecule has 0 saturated carbocycles. The number of benzene rings is 1. The van der Waals surface area contributed by atoms with Gasteiger partial charge in [-0.25, -0.2) is 0 Å². The van der Waals surface area contributed by atoms with E-state index in [0.717, 1.165) is 41.4 Å². The highest BCUT2D eigenvalue weighted by Crippen LogP contribution is 2.31. The predicted octanol–water partition coefficient (Wildman–Crippen LogP) is 2.22. The maximum atomic E-state index is 12.5. The van der Waals surface area contributed by atoms with Crippen LogP contribution in [0.4, 0.5) is 5.82 Å². The van der Waals surface area contributed by atoms with Crippen molar-refractivity contribution in [2.45, 2.75) is 19.3 Å². The van der Waals surface area contributed by atoms with Gasteiger partial charge in [0.15, 0.2) is 5.82 Å². The van der Waals surface area contributed by atoms with Crippen LogP contribution >= 0.6 is 15.9 Å². The Morgan fingerprint density at radius 1 is 1.38 bits per heavy atom. The second kappa shape index (κ2) is 7.36. The number of ether oxygens (including phenoxy) is 1. The number of aromatic amines is 1. The molecular formula is C18H21BrN4O3. The van der Waals surface area contributed by atoms with Crippen LogP contribution in [-0.2, 0) is 14.3 Å². The van der Waals surface area contributed by atoms with Crippen LogP contribution in [0, 0.1) is 11.8 Å². The number of aromatic nitrogens is 2. The molecule has 2 aliphatic rings. The molecule has 1 atom stereocenters. The van der Waals surface area contributed by atoms with E-state index in [4.69, 9.17) is 4.74 Å². The van der Waals surface area contributed by atoms with E-state index in [-0.39, 0.29) is 24.2 Å². The first-order chi connectivity index (χ1) is 12.6. The van der Waals surface area contributed by atoms with Crippen molar-refractivity contribution in [2.24, 2.45) is 11.8 Å². The first-order valence-electron chi connectivity index (χ1n) is 8.91. The molecule has 8 heteroatoms. The Kier molecular flexibility index (Phi) is 4.95. The fourth-order valence-electron chi connectivity index (χ4n) is 3.61. The van der Waals surface area contributed by atoms with E-state index in [1.165, 1.54) is 0 Å².